The van der Waals surface area contributed by atoms with Crippen LogP contribution in [0.3, 0.4) is 0 Å². The van der Waals surface area contributed by atoms with Gasteiger partial charge in [0.2, 0.25) is 0 Å². The highest BCUT2D eigenvalue weighted by atomic mass is 79.9. The van der Waals surface area contributed by atoms with Crippen LogP contribution < -0.4 is 4.74 Å². The van der Waals surface area contributed by atoms with E-state index in [2.05, 4.69) is 15.9 Å². The summed E-state index contributed by atoms with van der Waals surface area (Å²) in [4.78, 5) is 11.8. The number of carbonyl (C=O) groups is 1. The molecule has 5 heteroatoms. The lowest BCUT2D eigenvalue weighted by Crippen LogP contribution is -2.11. The molecule has 1 fully saturated rings. The fourth-order valence-corrected chi connectivity index (χ4v) is 3.18. The molecule has 1 aliphatic heterocycles. The molecule has 1 aromatic carbocycles. The van der Waals surface area contributed by atoms with E-state index in [4.69, 9.17) is 9.47 Å². The summed E-state index contributed by atoms with van der Waals surface area (Å²) in [5.74, 6) is -0.318. The average molecular weight is 315 g/mol. The monoisotopic (exact) mass is 314 g/mol. The summed E-state index contributed by atoms with van der Waals surface area (Å²) < 4.78 is 25.2. The molecule has 0 amide bonds. The molecule has 2 aliphatic rings. The van der Waals surface area contributed by atoms with Crippen LogP contribution >= 0.6 is 15.9 Å². The molecule has 96 valence electrons. The number of halogens is 2. The maximum Gasteiger partial charge on any atom is 0.309 e. The SMILES string of the molecule is CCOC(=O)[C@@H]1[C@@H]2COc3c(Br)ccc(F)c3[C@@H]21. The zero-order valence-corrected chi connectivity index (χ0v) is 11.4. The van der Waals surface area contributed by atoms with Gasteiger partial charge in [-0.1, -0.05) is 0 Å². The van der Waals surface area contributed by atoms with Crippen molar-refractivity contribution in [1.82, 2.24) is 0 Å². The summed E-state index contributed by atoms with van der Waals surface area (Å²) in [5.41, 5.74) is 0.513. The second kappa shape index (κ2) is 4.23. The zero-order valence-electron chi connectivity index (χ0n) is 9.78. The number of rotatable bonds is 2. The van der Waals surface area contributed by atoms with E-state index in [0.29, 0.717) is 24.5 Å². The van der Waals surface area contributed by atoms with Crippen LogP contribution in [0.2, 0.25) is 0 Å². The van der Waals surface area contributed by atoms with E-state index >= 15 is 0 Å². The third-order valence-electron chi connectivity index (χ3n) is 3.58. The number of carbonyl (C=O) groups excluding carboxylic acids is 1. The molecule has 3 rings (SSSR count). The summed E-state index contributed by atoms with van der Waals surface area (Å²) >= 11 is 3.34. The first kappa shape index (κ1) is 12.0. The number of benzene rings is 1. The smallest absolute Gasteiger partial charge is 0.309 e. The molecule has 0 spiro atoms. The molecule has 3 atom stereocenters. The van der Waals surface area contributed by atoms with Crippen LogP contribution in [0.15, 0.2) is 16.6 Å². The van der Waals surface area contributed by atoms with Crippen LogP contribution in [-0.4, -0.2) is 19.2 Å². The van der Waals surface area contributed by atoms with E-state index in [9.17, 15) is 9.18 Å². The van der Waals surface area contributed by atoms with Gasteiger partial charge in [-0.3, -0.25) is 4.79 Å². The fraction of sp³-hybridized carbons (Fsp3) is 0.462. The molecule has 18 heavy (non-hydrogen) atoms. The molecule has 0 aromatic heterocycles. The summed E-state index contributed by atoms with van der Waals surface area (Å²) in [7, 11) is 0. The van der Waals surface area contributed by atoms with Gasteiger partial charge in [0.25, 0.3) is 0 Å². The van der Waals surface area contributed by atoms with Gasteiger partial charge in [-0.15, -0.1) is 0 Å². The molecule has 1 aliphatic carbocycles. The van der Waals surface area contributed by atoms with Gasteiger partial charge >= 0.3 is 5.97 Å². The molecule has 1 heterocycles. The van der Waals surface area contributed by atoms with Crippen molar-refractivity contribution in [1.29, 1.82) is 0 Å². The van der Waals surface area contributed by atoms with E-state index in [1.165, 1.54) is 6.07 Å². The van der Waals surface area contributed by atoms with E-state index in [1.54, 1.807) is 13.0 Å². The first-order chi connectivity index (χ1) is 8.65. The zero-order chi connectivity index (χ0) is 12.9. The summed E-state index contributed by atoms with van der Waals surface area (Å²) in [6.07, 6.45) is 0. The minimum atomic E-state index is -0.310. The molecule has 3 nitrogen and oxygen atoms in total. The summed E-state index contributed by atoms with van der Waals surface area (Å²) in [6, 6.07) is 3.02. The predicted molar refractivity (Wildman–Crippen MR) is 65.9 cm³/mol. The van der Waals surface area contributed by atoms with Crippen molar-refractivity contribution in [3.05, 3.63) is 28.0 Å². The van der Waals surface area contributed by atoms with Crippen molar-refractivity contribution in [2.75, 3.05) is 13.2 Å². The maximum atomic E-state index is 13.9. The summed E-state index contributed by atoms with van der Waals surface area (Å²) in [5, 5.41) is 0. The highest BCUT2D eigenvalue weighted by Crippen LogP contribution is 2.61. The van der Waals surface area contributed by atoms with E-state index < -0.39 is 0 Å². The molecule has 0 bridgehead atoms. The van der Waals surface area contributed by atoms with Crippen LogP contribution in [0.5, 0.6) is 5.75 Å². The quantitative estimate of drug-likeness (QED) is 0.787. The number of hydrogen-bond acceptors (Lipinski definition) is 3. The average Bonchev–Trinajstić information content (AvgIpc) is 3.08. The van der Waals surface area contributed by atoms with E-state index in [-0.39, 0.29) is 29.5 Å². The lowest BCUT2D eigenvalue weighted by Gasteiger charge is -2.17. The Hall–Kier alpha value is -1.10. The largest absolute Gasteiger partial charge is 0.492 e. The molecule has 0 unspecified atom stereocenters. The van der Waals surface area contributed by atoms with Crippen molar-refractivity contribution in [2.45, 2.75) is 12.8 Å². The second-order valence-electron chi connectivity index (χ2n) is 4.55. The molecular weight excluding hydrogens is 303 g/mol. The minimum Gasteiger partial charge on any atom is -0.492 e. The Bertz CT molecular complexity index is 517. The van der Waals surface area contributed by atoms with Gasteiger partial charge in [0, 0.05) is 17.4 Å². The molecule has 1 aromatic rings. The Kier molecular flexibility index (Phi) is 2.81. The first-order valence-corrected chi connectivity index (χ1v) is 6.71. The Morgan fingerprint density at radius 2 is 2.39 bits per heavy atom. The molecule has 0 saturated heterocycles. The van der Waals surface area contributed by atoms with Crippen molar-refractivity contribution in [3.8, 4) is 5.75 Å². The normalized spacial score (nSPS) is 27.8. The fourth-order valence-electron chi connectivity index (χ4n) is 2.72. The van der Waals surface area contributed by atoms with Gasteiger partial charge in [-0.2, -0.15) is 0 Å². The lowest BCUT2D eigenvalue weighted by molar-refractivity contribution is -0.145. The number of fused-ring (bicyclic) bond motifs is 3. The molecular formula is C13H12BrFO3. The third kappa shape index (κ3) is 1.64. The van der Waals surface area contributed by atoms with Crippen LogP contribution in [0.4, 0.5) is 4.39 Å². The van der Waals surface area contributed by atoms with Gasteiger partial charge < -0.3 is 9.47 Å². The number of hydrogen-bond donors (Lipinski definition) is 0. The minimum absolute atomic E-state index is 0.0559. The van der Waals surface area contributed by atoms with Crippen LogP contribution in [-0.2, 0) is 9.53 Å². The highest BCUT2D eigenvalue weighted by molar-refractivity contribution is 9.10. The van der Waals surface area contributed by atoms with Gasteiger partial charge in [-0.25, -0.2) is 4.39 Å². The number of ether oxygens (including phenoxy) is 2. The van der Waals surface area contributed by atoms with Crippen LogP contribution in [0.1, 0.15) is 18.4 Å². The van der Waals surface area contributed by atoms with Crippen molar-refractivity contribution in [2.24, 2.45) is 11.8 Å². The molecule has 0 radical (unpaired) electrons. The maximum absolute atomic E-state index is 13.9. The lowest BCUT2D eigenvalue weighted by atomic mass is 10.0. The molecule has 1 saturated carbocycles. The Balaban J connectivity index is 1.95. The molecule has 0 N–H and O–H groups in total. The highest BCUT2D eigenvalue weighted by Gasteiger charge is 2.60. The second-order valence-corrected chi connectivity index (χ2v) is 5.40. The van der Waals surface area contributed by atoms with Crippen LogP contribution in [0, 0.1) is 17.7 Å². The number of esters is 1. The van der Waals surface area contributed by atoms with Gasteiger partial charge in [0.1, 0.15) is 11.6 Å². The predicted octanol–water partition coefficient (Wildman–Crippen LogP) is 2.87. The van der Waals surface area contributed by atoms with Crippen molar-refractivity contribution < 1.29 is 18.7 Å². The summed E-state index contributed by atoms with van der Waals surface area (Å²) in [6.45, 7) is 2.57. The van der Waals surface area contributed by atoms with E-state index in [0.717, 1.165) is 4.47 Å². The Morgan fingerprint density at radius 3 is 3.11 bits per heavy atom. The Morgan fingerprint density at radius 1 is 1.61 bits per heavy atom. The van der Waals surface area contributed by atoms with Crippen molar-refractivity contribution >= 4 is 21.9 Å². The van der Waals surface area contributed by atoms with E-state index in [1.807, 2.05) is 0 Å². The topological polar surface area (TPSA) is 35.5 Å². The van der Waals surface area contributed by atoms with Crippen LogP contribution in [0.25, 0.3) is 0 Å². The third-order valence-corrected chi connectivity index (χ3v) is 4.20. The standard InChI is InChI=1S/C13H12BrFO3/c1-2-17-13(16)10-6-5-18-12-7(14)3-4-8(15)11(12)9(6)10/h3-4,6,9-10H,2,5H2,1H3/t6-,9+,10-/m1/s1. The van der Waals surface area contributed by atoms with Gasteiger partial charge in [0.05, 0.1) is 23.6 Å². The Labute approximate surface area is 112 Å². The van der Waals surface area contributed by atoms with Gasteiger partial charge in [0.15, 0.2) is 0 Å². The van der Waals surface area contributed by atoms with Crippen molar-refractivity contribution in [3.63, 3.8) is 0 Å². The van der Waals surface area contributed by atoms with Gasteiger partial charge in [-0.05, 0) is 35.0 Å². The first-order valence-electron chi connectivity index (χ1n) is 5.92.